The van der Waals surface area contributed by atoms with Gasteiger partial charge in [0.25, 0.3) is 0 Å². The van der Waals surface area contributed by atoms with Crippen molar-refractivity contribution in [3.63, 3.8) is 0 Å². The van der Waals surface area contributed by atoms with Gasteiger partial charge in [-0.3, -0.25) is 4.79 Å². The number of carbonyl (C=O) groups excluding carboxylic acids is 1. The largest absolute Gasteiger partial charge is 0.395 e. The van der Waals surface area contributed by atoms with Crippen molar-refractivity contribution in [3.05, 3.63) is 29.8 Å². The Bertz CT molecular complexity index is 355. The number of thioether (sulfide) groups is 1. The smallest absolute Gasteiger partial charge is 0.232 e. The van der Waals surface area contributed by atoms with Crippen LogP contribution in [0.5, 0.6) is 0 Å². The van der Waals surface area contributed by atoms with Crippen LogP contribution in [0.1, 0.15) is 5.56 Å². The standard InChI is InChI=1S/C12H17NO2S/c1-10-5-3-4-6-11(10)16-9-12(15)13(2)7-8-14/h3-6,14H,7-9H2,1-2H3. The van der Waals surface area contributed by atoms with Gasteiger partial charge in [0.05, 0.1) is 12.4 Å². The van der Waals surface area contributed by atoms with Crippen molar-refractivity contribution in [2.24, 2.45) is 0 Å². The number of aliphatic hydroxyl groups is 1. The molecule has 16 heavy (non-hydrogen) atoms. The average Bonchev–Trinajstić information content (AvgIpc) is 2.28. The molecular weight excluding hydrogens is 222 g/mol. The van der Waals surface area contributed by atoms with E-state index in [0.29, 0.717) is 12.3 Å². The molecule has 0 radical (unpaired) electrons. The van der Waals surface area contributed by atoms with Crippen LogP contribution < -0.4 is 0 Å². The monoisotopic (exact) mass is 239 g/mol. The Morgan fingerprint density at radius 1 is 1.44 bits per heavy atom. The highest BCUT2D eigenvalue weighted by atomic mass is 32.2. The van der Waals surface area contributed by atoms with Crippen molar-refractivity contribution in [1.82, 2.24) is 4.90 Å². The highest BCUT2D eigenvalue weighted by Crippen LogP contribution is 2.21. The third kappa shape index (κ3) is 3.87. The lowest BCUT2D eigenvalue weighted by atomic mass is 10.2. The molecule has 1 aromatic carbocycles. The van der Waals surface area contributed by atoms with Crippen LogP contribution in [-0.4, -0.2) is 41.9 Å². The Morgan fingerprint density at radius 2 is 2.12 bits per heavy atom. The second-order valence-electron chi connectivity index (χ2n) is 3.59. The summed E-state index contributed by atoms with van der Waals surface area (Å²) in [6.45, 7) is 2.44. The topological polar surface area (TPSA) is 40.5 Å². The summed E-state index contributed by atoms with van der Waals surface area (Å²) < 4.78 is 0. The number of rotatable bonds is 5. The number of carbonyl (C=O) groups is 1. The van der Waals surface area contributed by atoms with Gasteiger partial charge in [-0.15, -0.1) is 11.8 Å². The number of nitrogens with zero attached hydrogens (tertiary/aromatic N) is 1. The molecule has 3 nitrogen and oxygen atoms in total. The van der Waals surface area contributed by atoms with Crippen LogP contribution >= 0.6 is 11.8 Å². The maximum absolute atomic E-state index is 11.6. The highest BCUT2D eigenvalue weighted by Gasteiger charge is 2.08. The minimum absolute atomic E-state index is 0.0112. The van der Waals surface area contributed by atoms with Crippen LogP contribution in [0.3, 0.4) is 0 Å². The molecule has 0 bridgehead atoms. The molecule has 1 rings (SSSR count). The van der Waals surface area contributed by atoms with Gasteiger partial charge in [-0.05, 0) is 18.6 Å². The van der Waals surface area contributed by atoms with Crippen molar-refractivity contribution in [2.45, 2.75) is 11.8 Å². The van der Waals surface area contributed by atoms with Gasteiger partial charge in [0.15, 0.2) is 0 Å². The molecule has 0 heterocycles. The van der Waals surface area contributed by atoms with Crippen molar-refractivity contribution in [3.8, 4) is 0 Å². The predicted octanol–water partition coefficient (Wildman–Crippen LogP) is 1.54. The van der Waals surface area contributed by atoms with Crippen molar-refractivity contribution in [2.75, 3.05) is 26.0 Å². The fourth-order valence-electron chi connectivity index (χ4n) is 1.24. The zero-order chi connectivity index (χ0) is 12.0. The second kappa shape index (κ2) is 6.55. The molecule has 4 heteroatoms. The van der Waals surface area contributed by atoms with E-state index >= 15 is 0 Å². The fraction of sp³-hybridized carbons (Fsp3) is 0.417. The highest BCUT2D eigenvalue weighted by molar-refractivity contribution is 8.00. The zero-order valence-electron chi connectivity index (χ0n) is 9.64. The molecule has 0 saturated heterocycles. The lowest BCUT2D eigenvalue weighted by molar-refractivity contribution is -0.127. The second-order valence-corrected chi connectivity index (χ2v) is 4.61. The van der Waals surface area contributed by atoms with E-state index in [0.717, 1.165) is 4.90 Å². The zero-order valence-corrected chi connectivity index (χ0v) is 10.5. The van der Waals surface area contributed by atoms with Crippen LogP contribution in [0, 0.1) is 6.92 Å². The molecule has 0 aliphatic rings. The molecular formula is C12H17NO2S. The third-order valence-corrected chi connectivity index (χ3v) is 3.47. The first-order valence-electron chi connectivity index (χ1n) is 5.18. The maximum atomic E-state index is 11.6. The first-order valence-corrected chi connectivity index (χ1v) is 6.17. The summed E-state index contributed by atoms with van der Waals surface area (Å²) >= 11 is 1.54. The van der Waals surface area contributed by atoms with Crippen LogP contribution in [0.25, 0.3) is 0 Å². The molecule has 0 aliphatic carbocycles. The summed E-state index contributed by atoms with van der Waals surface area (Å²) in [5.41, 5.74) is 1.19. The molecule has 0 atom stereocenters. The number of amides is 1. The Labute approximate surface area is 100 Å². The van der Waals surface area contributed by atoms with E-state index in [4.69, 9.17) is 5.11 Å². The predicted molar refractivity (Wildman–Crippen MR) is 66.6 cm³/mol. The number of aliphatic hydroxyl groups excluding tert-OH is 1. The van der Waals surface area contributed by atoms with Gasteiger partial charge in [-0.1, -0.05) is 18.2 Å². The van der Waals surface area contributed by atoms with Crippen LogP contribution in [0.2, 0.25) is 0 Å². The van der Waals surface area contributed by atoms with Crippen LogP contribution in [0.4, 0.5) is 0 Å². The van der Waals surface area contributed by atoms with E-state index < -0.39 is 0 Å². The first-order chi connectivity index (χ1) is 7.65. The van der Waals surface area contributed by atoms with E-state index in [1.165, 1.54) is 17.3 Å². The van der Waals surface area contributed by atoms with Crippen molar-refractivity contribution in [1.29, 1.82) is 0 Å². The van der Waals surface area contributed by atoms with Gasteiger partial charge in [0.2, 0.25) is 5.91 Å². The SMILES string of the molecule is Cc1ccccc1SCC(=O)N(C)CCO. The number of likely N-dealkylation sites (N-methyl/N-ethyl adjacent to an activating group) is 1. The lowest BCUT2D eigenvalue weighted by Crippen LogP contribution is -2.30. The summed E-state index contributed by atoms with van der Waals surface area (Å²) in [4.78, 5) is 14.3. The fourth-order valence-corrected chi connectivity index (χ4v) is 2.21. The number of benzene rings is 1. The van der Waals surface area contributed by atoms with Crippen LogP contribution in [-0.2, 0) is 4.79 Å². The maximum Gasteiger partial charge on any atom is 0.232 e. The molecule has 1 amide bonds. The number of hydrogen-bond acceptors (Lipinski definition) is 3. The van der Waals surface area contributed by atoms with E-state index in [-0.39, 0.29) is 12.5 Å². The quantitative estimate of drug-likeness (QED) is 0.792. The van der Waals surface area contributed by atoms with Gasteiger partial charge >= 0.3 is 0 Å². The van der Waals surface area contributed by atoms with Crippen molar-refractivity contribution < 1.29 is 9.90 Å². The molecule has 0 spiro atoms. The third-order valence-electron chi connectivity index (χ3n) is 2.31. The minimum Gasteiger partial charge on any atom is -0.395 e. The van der Waals surface area contributed by atoms with Gasteiger partial charge in [0.1, 0.15) is 0 Å². The first kappa shape index (κ1) is 13.1. The van der Waals surface area contributed by atoms with Gasteiger partial charge in [-0.25, -0.2) is 0 Å². The average molecular weight is 239 g/mol. The molecule has 0 saturated carbocycles. The Hall–Kier alpha value is -1.00. The molecule has 0 aromatic heterocycles. The molecule has 0 unspecified atom stereocenters. The van der Waals surface area contributed by atoms with Crippen molar-refractivity contribution >= 4 is 17.7 Å². The minimum atomic E-state index is 0.0112. The Balaban J connectivity index is 2.46. The molecule has 0 fully saturated rings. The Morgan fingerprint density at radius 3 is 2.75 bits per heavy atom. The van der Waals surface area contributed by atoms with E-state index in [1.807, 2.05) is 31.2 Å². The molecule has 1 aromatic rings. The normalized spacial score (nSPS) is 10.2. The summed E-state index contributed by atoms with van der Waals surface area (Å²) in [5, 5.41) is 8.71. The summed E-state index contributed by atoms with van der Waals surface area (Å²) in [7, 11) is 1.71. The van der Waals surface area contributed by atoms with Gasteiger partial charge in [-0.2, -0.15) is 0 Å². The molecule has 0 aliphatic heterocycles. The van der Waals surface area contributed by atoms with E-state index in [9.17, 15) is 4.79 Å². The number of hydrogen-bond donors (Lipinski definition) is 1. The van der Waals surface area contributed by atoms with Gasteiger partial charge < -0.3 is 10.0 Å². The lowest BCUT2D eigenvalue weighted by Gasteiger charge is -2.15. The van der Waals surface area contributed by atoms with Gasteiger partial charge in [0, 0.05) is 18.5 Å². The summed E-state index contributed by atoms with van der Waals surface area (Å²) in [6.07, 6.45) is 0. The number of aryl methyl sites for hydroxylation is 1. The Kier molecular flexibility index (Phi) is 5.35. The van der Waals surface area contributed by atoms with E-state index in [2.05, 4.69) is 0 Å². The molecule has 88 valence electrons. The molecule has 1 N–H and O–H groups in total. The summed E-state index contributed by atoms with van der Waals surface area (Å²) in [5.74, 6) is 0.462. The summed E-state index contributed by atoms with van der Waals surface area (Å²) in [6, 6.07) is 8.00. The van der Waals surface area contributed by atoms with Crippen LogP contribution in [0.15, 0.2) is 29.2 Å². The van der Waals surface area contributed by atoms with E-state index in [1.54, 1.807) is 11.9 Å².